The van der Waals surface area contributed by atoms with E-state index in [4.69, 9.17) is 19.5 Å². The Bertz CT molecular complexity index is 1430. The molecular formula is C31H29N5O3. The molecular weight excluding hydrogens is 490 g/mol. The molecule has 196 valence electrons. The molecule has 8 heteroatoms. The van der Waals surface area contributed by atoms with E-state index >= 15 is 0 Å². The summed E-state index contributed by atoms with van der Waals surface area (Å²) in [5, 5.41) is 8.36. The van der Waals surface area contributed by atoms with Crippen LogP contribution in [0.3, 0.4) is 0 Å². The number of carbonyl (C=O) groups is 1. The number of aromatic nitrogens is 3. The zero-order valence-electron chi connectivity index (χ0n) is 21.7. The molecule has 2 aliphatic heterocycles. The maximum Gasteiger partial charge on any atom is 0.279 e. The first kappa shape index (κ1) is 24.7. The molecule has 0 saturated heterocycles. The van der Waals surface area contributed by atoms with Gasteiger partial charge in [0.1, 0.15) is 30.7 Å². The summed E-state index contributed by atoms with van der Waals surface area (Å²) in [5.41, 5.74) is 2.75. The van der Waals surface area contributed by atoms with Crippen molar-refractivity contribution in [2.24, 2.45) is 15.4 Å². The van der Waals surface area contributed by atoms with Crippen LogP contribution in [0.15, 0.2) is 107 Å². The second kappa shape index (κ2) is 10.6. The van der Waals surface area contributed by atoms with Crippen LogP contribution >= 0.6 is 0 Å². The van der Waals surface area contributed by atoms with Crippen LogP contribution in [0.1, 0.15) is 52.6 Å². The molecule has 0 radical (unpaired) electrons. The van der Waals surface area contributed by atoms with Crippen LogP contribution in [0.25, 0.3) is 0 Å². The van der Waals surface area contributed by atoms with Crippen LogP contribution in [0.5, 0.6) is 0 Å². The van der Waals surface area contributed by atoms with Gasteiger partial charge >= 0.3 is 0 Å². The van der Waals surface area contributed by atoms with E-state index in [-0.39, 0.29) is 18.0 Å². The van der Waals surface area contributed by atoms with Gasteiger partial charge in [0.15, 0.2) is 11.8 Å². The topological polar surface area (TPSA) is 91.0 Å². The summed E-state index contributed by atoms with van der Waals surface area (Å²) in [7, 11) is 0. The molecule has 0 unspecified atom stereocenters. The lowest BCUT2D eigenvalue weighted by Crippen LogP contribution is -2.38. The summed E-state index contributed by atoms with van der Waals surface area (Å²) < 4.78 is 13.7. The lowest BCUT2D eigenvalue weighted by atomic mass is 9.84. The number of aliphatic imine (C=N–C) groups is 2. The zero-order valence-corrected chi connectivity index (χ0v) is 21.7. The summed E-state index contributed by atoms with van der Waals surface area (Å²) in [4.78, 5) is 22.8. The minimum absolute atomic E-state index is 0.0863. The van der Waals surface area contributed by atoms with Crippen molar-refractivity contribution in [1.29, 1.82) is 0 Å². The van der Waals surface area contributed by atoms with Crippen LogP contribution in [-0.4, -0.2) is 45.9 Å². The van der Waals surface area contributed by atoms with Crippen molar-refractivity contribution in [3.05, 3.63) is 120 Å². The first-order valence-electron chi connectivity index (χ1n) is 13.1. The van der Waals surface area contributed by atoms with Crippen molar-refractivity contribution in [3.8, 4) is 0 Å². The molecule has 2 atom stereocenters. The molecule has 1 aromatic heterocycles. The second-order valence-corrected chi connectivity index (χ2v) is 10.0. The maximum atomic E-state index is 12.8. The van der Waals surface area contributed by atoms with Crippen molar-refractivity contribution in [2.75, 3.05) is 13.2 Å². The Hall–Kier alpha value is -4.59. The quantitative estimate of drug-likeness (QED) is 0.317. The zero-order chi connectivity index (χ0) is 26.7. The summed E-state index contributed by atoms with van der Waals surface area (Å²) in [6.45, 7) is 2.99. The summed E-state index contributed by atoms with van der Waals surface area (Å²) >= 11 is 0. The predicted octanol–water partition coefficient (Wildman–Crippen LogP) is 5.25. The van der Waals surface area contributed by atoms with Gasteiger partial charge in [-0.15, -0.1) is 5.10 Å². The van der Waals surface area contributed by atoms with Gasteiger partial charge in [-0.2, -0.15) is 4.68 Å². The Kier molecular flexibility index (Phi) is 6.75. The number of ether oxygens (including phenoxy) is 2. The molecule has 0 bridgehead atoms. The molecule has 6 rings (SSSR count). The van der Waals surface area contributed by atoms with E-state index in [1.165, 1.54) is 4.68 Å². The number of nitrogens with zero attached hydrogens (tertiary/aromatic N) is 5. The normalized spacial score (nSPS) is 18.7. The molecule has 0 fully saturated rings. The first-order valence-corrected chi connectivity index (χ1v) is 13.1. The minimum atomic E-state index is -0.708. The number of hydrogen-bond donors (Lipinski definition) is 0. The average Bonchev–Trinajstić information content (AvgIpc) is 3.79. The molecule has 0 spiro atoms. The molecule has 0 amide bonds. The number of carbonyl (C=O) groups excluding carboxylic acids is 1. The number of rotatable bonds is 8. The van der Waals surface area contributed by atoms with E-state index in [2.05, 4.69) is 41.5 Å². The number of benzene rings is 3. The lowest BCUT2D eigenvalue weighted by molar-refractivity contribution is 0.0942. The largest absolute Gasteiger partial charge is 0.478 e. The summed E-state index contributed by atoms with van der Waals surface area (Å²) in [6, 6.07) is 29.2. The highest BCUT2D eigenvalue weighted by Crippen LogP contribution is 2.38. The molecule has 0 aliphatic carbocycles. The van der Waals surface area contributed by atoms with Gasteiger partial charge in [0.05, 0.1) is 11.9 Å². The van der Waals surface area contributed by atoms with Crippen molar-refractivity contribution in [2.45, 2.75) is 31.8 Å². The fourth-order valence-corrected chi connectivity index (χ4v) is 4.95. The van der Waals surface area contributed by atoms with E-state index in [0.29, 0.717) is 49.1 Å². The Morgan fingerprint density at radius 3 is 1.87 bits per heavy atom. The van der Waals surface area contributed by atoms with E-state index in [0.717, 1.165) is 11.1 Å². The fraction of sp³-hybridized carbons (Fsp3) is 0.258. The highest BCUT2D eigenvalue weighted by Gasteiger charge is 2.45. The predicted molar refractivity (Wildman–Crippen MR) is 148 cm³/mol. The van der Waals surface area contributed by atoms with Gasteiger partial charge in [-0.25, -0.2) is 9.98 Å². The van der Waals surface area contributed by atoms with Crippen LogP contribution in [0.4, 0.5) is 0 Å². The highest BCUT2D eigenvalue weighted by atomic mass is 16.5. The van der Waals surface area contributed by atoms with Crippen molar-refractivity contribution < 1.29 is 14.3 Å². The molecule has 0 N–H and O–H groups in total. The van der Waals surface area contributed by atoms with E-state index in [1.54, 1.807) is 18.3 Å². The van der Waals surface area contributed by atoms with Gasteiger partial charge in [0.2, 0.25) is 0 Å². The molecule has 0 saturated carbocycles. The molecule has 39 heavy (non-hydrogen) atoms. The van der Waals surface area contributed by atoms with E-state index in [1.807, 2.05) is 54.6 Å². The third kappa shape index (κ3) is 5.10. The van der Waals surface area contributed by atoms with Crippen molar-refractivity contribution in [3.63, 3.8) is 0 Å². The van der Waals surface area contributed by atoms with Gasteiger partial charge in [0, 0.05) is 5.56 Å². The third-order valence-corrected chi connectivity index (χ3v) is 7.27. The smallest absolute Gasteiger partial charge is 0.279 e. The Morgan fingerprint density at radius 1 is 0.821 bits per heavy atom. The SMILES string of the molecule is CC(CCc1cn(C(=O)c2ccccc2)nn1)(C1=N[C@H](c2ccccc2)CO1)C1=N[C@H](c2ccccc2)CO1. The average molecular weight is 520 g/mol. The monoisotopic (exact) mass is 519 g/mol. The van der Waals surface area contributed by atoms with Gasteiger partial charge in [-0.3, -0.25) is 4.79 Å². The van der Waals surface area contributed by atoms with E-state index in [9.17, 15) is 4.79 Å². The maximum absolute atomic E-state index is 12.8. The standard InChI is InChI=1S/C31H29N5O3/c1-31(29-32-26(20-38-29)22-11-5-2-6-12-22,30-33-27(21-39-30)23-13-7-3-8-14-23)18-17-25-19-36(35-34-25)28(37)24-15-9-4-10-16-24/h2-16,19,26-27H,17-18,20-21H2,1H3/t26-,27-/m0/s1. The highest BCUT2D eigenvalue weighted by molar-refractivity contribution is 6.06. The molecule has 4 aromatic rings. The fourth-order valence-electron chi connectivity index (χ4n) is 4.95. The second-order valence-electron chi connectivity index (χ2n) is 10.0. The van der Waals surface area contributed by atoms with Crippen molar-refractivity contribution in [1.82, 2.24) is 15.0 Å². The minimum Gasteiger partial charge on any atom is -0.478 e. The Balaban J connectivity index is 1.27. The number of aryl methyl sites for hydroxylation is 1. The van der Waals surface area contributed by atoms with Gasteiger partial charge in [0.25, 0.3) is 5.91 Å². The first-order chi connectivity index (χ1) is 19.1. The van der Waals surface area contributed by atoms with Crippen LogP contribution in [0.2, 0.25) is 0 Å². The van der Waals surface area contributed by atoms with Gasteiger partial charge < -0.3 is 9.47 Å². The number of hydrogen-bond acceptors (Lipinski definition) is 7. The van der Waals surface area contributed by atoms with Crippen LogP contribution in [-0.2, 0) is 15.9 Å². The molecule has 3 heterocycles. The van der Waals surface area contributed by atoms with Gasteiger partial charge in [-0.05, 0) is 43.0 Å². The lowest BCUT2D eigenvalue weighted by Gasteiger charge is -2.27. The third-order valence-electron chi connectivity index (χ3n) is 7.27. The van der Waals surface area contributed by atoms with Crippen LogP contribution < -0.4 is 0 Å². The Morgan fingerprint density at radius 2 is 1.33 bits per heavy atom. The van der Waals surface area contributed by atoms with E-state index < -0.39 is 5.41 Å². The summed E-state index contributed by atoms with van der Waals surface area (Å²) in [5.74, 6) is 0.994. The molecule has 8 nitrogen and oxygen atoms in total. The molecule has 3 aromatic carbocycles. The Labute approximate surface area is 227 Å². The van der Waals surface area contributed by atoms with Gasteiger partial charge in [-0.1, -0.05) is 84.1 Å². The molecule has 2 aliphatic rings. The van der Waals surface area contributed by atoms with Crippen LogP contribution in [0, 0.1) is 5.41 Å². The van der Waals surface area contributed by atoms with Crippen molar-refractivity contribution >= 4 is 17.7 Å². The summed E-state index contributed by atoms with van der Waals surface area (Å²) in [6.07, 6.45) is 2.80.